The highest BCUT2D eigenvalue weighted by molar-refractivity contribution is 7.11. The van der Waals surface area contributed by atoms with Gasteiger partial charge < -0.3 is 11.1 Å². The van der Waals surface area contributed by atoms with Gasteiger partial charge in [-0.15, -0.1) is 0 Å². The summed E-state index contributed by atoms with van der Waals surface area (Å²) in [7, 11) is 1.92. The molecular weight excluding hydrogens is 284 g/mol. The lowest BCUT2D eigenvalue weighted by Crippen LogP contribution is -2.00. The van der Waals surface area contributed by atoms with E-state index in [1.54, 1.807) is 12.4 Å². The molecule has 7 heteroatoms. The summed E-state index contributed by atoms with van der Waals surface area (Å²) >= 11 is 1.37. The lowest BCUT2D eigenvalue weighted by atomic mass is 10.1. The van der Waals surface area contributed by atoms with Crippen molar-refractivity contribution in [3.63, 3.8) is 0 Å². The molecule has 108 valence electrons. The molecule has 0 bridgehead atoms. The van der Waals surface area contributed by atoms with E-state index in [4.69, 9.17) is 5.73 Å². The van der Waals surface area contributed by atoms with Crippen LogP contribution in [0, 0.1) is 6.92 Å². The van der Waals surface area contributed by atoms with E-state index >= 15 is 0 Å². The number of hydrogen-bond acceptors (Lipinski definition) is 6. The summed E-state index contributed by atoms with van der Waals surface area (Å²) in [6.45, 7) is 2.70. The van der Waals surface area contributed by atoms with Crippen LogP contribution in [-0.2, 0) is 13.6 Å². The van der Waals surface area contributed by atoms with Crippen LogP contribution in [0.15, 0.2) is 30.7 Å². The largest absolute Gasteiger partial charge is 0.382 e. The van der Waals surface area contributed by atoms with Gasteiger partial charge in [0.25, 0.3) is 0 Å². The summed E-state index contributed by atoms with van der Waals surface area (Å²) in [5, 5.41) is 8.71. The van der Waals surface area contributed by atoms with Crippen molar-refractivity contribution in [1.29, 1.82) is 0 Å². The smallest absolute Gasteiger partial charge is 0.147 e. The van der Waals surface area contributed by atoms with Gasteiger partial charge in [0, 0.05) is 37.7 Å². The molecule has 0 saturated heterocycles. The van der Waals surface area contributed by atoms with E-state index in [1.807, 2.05) is 37.0 Å². The van der Waals surface area contributed by atoms with Crippen molar-refractivity contribution < 1.29 is 0 Å². The van der Waals surface area contributed by atoms with Crippen molar-refractivity contribution >= 4 is 22.4 Å². The fraction of sp³-hybridized carbons (Fsp3) is 0.214. The Morgan fingerprint density at radius 2 is 2.10 bits per heavy atom. The molecule has 0 spiro atoms. The molecule has 0 radical (unpaired) electrons. The Morgan fingerprint density at radius 3 is 2.76 bits per heavy atom. The minimum atomic E-state index is 0.539. The number of hydrogen-bond donors (Lipinski definition) is 2. The summed E-state index contributed by atoms with van der Waals surface area (Å²) in [5.41, 5.74) is 10.1. The highest BCUT2D eigenvalue weighted by Gasteiger charge is 2.14. The van der Waals surface area contributed by atoms with Crippen LogP contribution in [-0.4, -0.2) is 19.1 Å². The fourth-order valence-corrected chi connectivity index (χ4v) is 2.95. The van der Waals surface area contributed by atoms with Gasteiger partial charge in [0.2, 0.25) is 0 Å². The molecule has 3 heterocycles. The van der Waals surface area contributed by atoms with Crippen LogP contribution < -0.4 is 11.1 Å². The molecule has 3 N–H and O–H groups in total. The van der Waals surface area contributed by atoms with Gasteiger partial charge in [-0.25, -0.2) is 0 Å². The first-order valence-electron chi connectivity index (χ1n) is 6.53. The van der Waals surface area contributed by atoms with Crippen molar-refractivity contribution in [2.24, 2.45) is 7.05 Å². The normalized spacial score (nSPS) is 10.8. The van der Waals surface area contributed by atoms with E-state index in [0.29, 0.717) is 12.4 Å². The highest BCUT2D eigenvalue weighted by atomic mass is 32.1. The number of nitrogens with zero attached hydrogens (tertiary/aromatic N) is 4. The van der Waals surface area contributed by atoms with E-state index in [9.17, 15) is 0 Å². The summed E-state index contributed by atoms with van der Waals surface area (Å²) in [6.07, 6.45) is 5.52. The molecule has 3 aromatic rings. The maximum Gasteiger partial charge on any atom is 0.147 e. The average Bonchev–Trinajstić information content (AvgIpc) is 3.00. The number of nitrogens with one attached hydrogen (secondary N) is 1. The Balaban J connectivity index is 1.85. The van der Waals surface area contributed by atoms with Gasteiger partial charge in [0.1, 0.15) is 10.8 Å². The lowest BCUT2D eigenvalue weighted by Gasteiger charge is -2.06. The Hall–Kier alpha value is -2.41. The van der Waals surface area contributed by atoms with Gasteiger partial charge in [0.05, 0.1) is 11.3 Å². The van der Waals surface area contributed by atoms with E-state index in [-0.39, 0.29) is 0 Å². The van der Waals surface area contributed by atoms with Crippen LogP contribution in [0.3, 0.4) is 0 Å². The minimum absolute atomic E-state index is 0.539. The van der Waals surface area contributed by atoms with Crippen molar-refractivity contribution in [3.05, 3.63) is 42.0 Å². The molecule has 3 aromatic heterocycles. The number of aryl methyl sites for hydroxylation is 2. The molecule has 6 nitrogen and oxygen atoms in total. The minimum Gasteiger partial charge on any atom is -0.382 e. The molecular formula is C14H16N6S. The molecule has 0 saturated carbocycles. The third-order valence-corrected chi connectivity index (χ3v) is 4.06. The average molecular weight is 300 g/mol. The zero-order valence-corrected chi connectivity index (χ0v) is 12.7. The second-order valence-electron chi connectivity index (χ2n) is 4.77. The molecule has 3 rings (SSSR count). The maximum absolute atomic E-state index is 6.00. The van der Waals surface area contributed by atoms with Gasteiger partial charge in [0.15, 0.2) is 0 Å². The number of aromatic nitrogens is 4. The van der Waals surface area contributed by atoms with E-state index in [1.165, 1.54) is 11.5 Å². The van der Waals surface area contributed by atoms with Gasteiger partial charge >= 0.3 is 0 Å². The van der Waals surface area contributed by atoms with E-state index in [0.717, 1.165) is 27.4 Å². The Morgan fingerprint density at radius 1 is 1.33 bits per heavy atom. The Bertz CT molecular complexity index is 746. The summed E-state index contributed by atoms with van der Waals surface area (Å²) in [6, 6.07) is 3.86. The highest BCUT2D eigenvalue weighted by Crippen LogP contribution is 2.36. The van der Waals surface area contributed by atoms with Crippen LogP contribution in [0.25, 0.3) is 11.1 Å². The second kappa shape index (κ2) is 5.53. The quantitative estimate of drug-likeness (QED) is 0.773. The molecule has 0 aromatic carbocycles. The predicted octanol–water partition coefficient (Wildman–Crippen LogP) is 2.44. The first-order chi connectivity index (χ1) is 10.1. The predicted molar refractivity (Wildman–Crippen MR) is 85.0 cm³/mol. The molecule has 0 fully saturated rings. The number of anilines is 2. The number of nitrogen functional groups attached to an aromatic ring is 1. The summed E-state index contributed by atoms with van der Waals surface area (Å²) in [5.74, 6) is 0.539. The first-order valence-corrected chi connectivity index (χ1v) is 7.31. The monoisotopic (exact) mass is 300 g/mol. The maximum atomic E-state index is 6.00. The SMILES string of the molecule is Cc1nn(C)cc1CNc1snc(N)c1-c1ccncc1. The van der Waals surface area contributed by atoms with Gasteiger partial charge in [-0.05, 0) is 36.2 Å². The van der Waals surface area contributed by atoms with Crippen molar-refractivity contribution in [1.82, 2.24) is 19.1 Å². The molecule has 0 aliphatic carbocycles. The zero-order valence-electron chi connectivity index (χ0n) is 11.9. The molecule has 0 aliphatic heterocycles. The fourth-order valence-electron chi connectivity index (χ4n) is 2.22. The molecule has 0 unspecified atom stereocenters. The molecule has 0 aliphatic rings. The van der Waals surface area contributed by atoms with Crippen molar-refractivity contribution in [3.8, 4) is 11.1 Å². The first kappa shape index (κ1) is 13.6. The number of pyridine rings is 1. The van der Waals surface area contributed by atoms with Crippen LogP contribution >= 0.6 is 11.5 Å². The third kappa shape index (κ3) is 2.73. The second-order valence-corrected chi connectivity index (χ2v) is 5.55. The van der Waals surface area contributed by atoms with Crippen LogP contribution in [0.1, 0.15) is 11.3 Å². The molecule has 0 amide bonds. The third-order valence-electron chi connectivity index (χ3n) is 3.24. The van der Waals surface area contributed by atoms with Gasteiger partial charge in [-0.2, -0.15) is 9.47 Å². The van der Waals surface area contributed by atoms with Crippen molar-refractivity contribution in [2.75, 3.05) is 11.1 Å². The van der Waals surface area contributed by atoms with Crippen LogP contribution in [0.4, 0.5) is 10.8 Å². The number of nitrogens with two attached hydrogens (primary N) is 1. The topological polar surface area (TPSA) is 81.7 Å². The molecule has 21 heavy (non-hydrogen) atoms. The Kier molecular flexibility index (Phi) is 3.57. The molecule has 0 atom stereocenters. The van der Waals surface area contributed by atoms with Gasteiger partial charge in [-0.1, -0.05) is 0 Å². The Labute approximate surface area is 126 Å². The van der Waals surface area contributed by atoms with E-state index < -0.39 is 0 Å². The standard InChI is InChI=1S/C14H16N6S/c1-9-11(8-20(2)18-9)7-17-14-12(13(15)19-21-14)10-3-5-16-6-4-10/h3-6,8,17H,7H2,1-2H3,(H2,15,19). The lowest BCUT2D eigenvalue weighted by molar-refractivity contribution is 0.756. The van der Waals surface area contributed by atoms with Crippen molar-refractivity contribution in [2.45, 2.75) is 13.5 Å². The number of rotatable bonds is 4. The summed E-state index contributed by atoms with van der Waals surface area (Å²) in [4.78, 5) is 4.03. The zero-order chi connectivity index (χ0) is 14.8. The summed E-state index contributed by atoms with van der Waals surface area (Å²) < 4.78 is 6.07. The van der Waals surface area contributed by atoms with E-state index in [2.05, 4.69) is 19.8 Å². The van der Waals surface area contributed by atoms with Gasteiger partial charge in [-0.3, -0.25) is 9.67 Å². The van der Waals surface area contributed by atoms with Crippen LogP contribution in [0.2, 0.25) is 0 Å². The van der Waals surface area contributed by atoms with Crippen LogP contribution in [0.5, 0.6) is 0 Å².